The highest BCUT2D eigenvalue weighted by atomic mass is 19.4. The molecule has 1 N–H and O–H groups in total. The van der Waals surface area contributed by atoms with Crippen molar-refractivity contribution in [2.45, 2.75) is 6.18 Å². The molecule has 0 unspecified atom stereocenters. The van der Waals surface area contributed by atoms with Crippen LogP contribution in [0.4, 0.5) is 29.1 Å². The lowest BCUT2D eigenvalue weighted by Gasteiger charge is -2.37. The van der Waals surface area contributed by atoms with Crippen molar-refractivity contribution in [3.63, 3.8) is 0 Å². The van der Waals surface area contributed by atoms with E-state index in [-0.39, 0.29) is 5.82 Å². The van der Waals surface area contributed by atoms with Crippen LogP contribution in [0.5, 0.6) is 0 Å². The minimum absolute atomic E-state index is 0.335. The number of aromatic nitrogens is 3. The first-order valence-corrected chi connectivity index (χ1v) is 9.49. The zero-order valence-electron chi connectivity index (χ0n) is 15.7. The number of rotatable bonds is 2. The van der Waals surface area contributed by atoms with E-state index < -0.39 is 11.7 Å². The molecule has 0 spiro atoms. The van der Waals surface area contributed by atoms with Gasteiger partial charge >= 0.3 is 6.18 Å². The van der Waals surface area contributed by atoms with Gasteiger partial charge in [-0.05, 0) is 36.4 Å². The van der Waals surface area contributed by atoms with Crippen LogP contribution in [0.15, 0.2) is 48.8 Å². The molecule has 1 aliphatic rings. The van der Waals surface area contributed by atoms with Crippen LogP contribution in [-0.4, -0.2) is 41.1 Å². The standard InChI is InChI=1S/C21H17F4N5/c22-14-4-5-17-16(11-14)18-19(28-17)20(27-12-26-18)30-8-6-29(7-9-30)15-3-1-2-13(10-15)21(23,24)25/h1-5,10-12,28H,6-9H2. The fourth-order valence-electron chi connectivity index (χ4n) is 3.95. The number of H-pyrrole nitrogens is 1. The highest BCUT2D eigenvalue weighted by Crippen LogP contribution is 2.33. The number of piperazine rings is 1. The second-order valence-electron chi connectivity index (χ2n) is 7.26. The zero-order valence-corrected chi connectivity index (χ0v) is 15.7. The van der Waals surface area contributed by atoms with Crippen molar-refractivity contribution >= 4 is 33.4 Å². The molecule has 0 bridgehead atoms. The summed E-state index contributed by atoms with van der Waals surface area (Å²) in [7, 11) is 0. The number of nitrogens with one attached hydrogen (secondary N) is 1. The average Bonchev–Trinajstić information content (AvgIpc) is 3.11. The molecule has 4 aromatic rings. The average molecular weight is 415 g/mol. The Morgan fingerprint density at radius 2 is 1.67 bits per heavy atom. The van der Waals surface area contributed by atoms with Crippen molar-refractivity contribution < 1.29 is 17.6 Å². The molecule has 154 valence electrons. The third-order valence-corrected chi connectivity index (χ3v) is 5.44. The van der Waals surface area contributed by atoms with E-state index in [1.807, 2.05) is 4.90 Å². The van der Waals surface area contributed by atoms with E-state index in [4.69, 9.17) is 0 Å². The monoisotopic (exact) mass is 415 g/mol. The maximum atomic E-state index is 13.7. The number of halogens is 4. The van der Waals surface area contributed by atoms with Crippen molar-refractivity contribution in [3.05, 3.63) is 60.2 Å². The Hall–Kier alpha value is -3.36. The van der Waals surface area contributed by atoms with Crippen molar-refractivity contribution in [2.75, 3.05) is 36.0 Å². The van der Waals surface area contributed by atoms with Gasteiger partial charge in [-0.3, -0.25) is 0 Å². The fourth-order valence-corrected chi connectivity index (χ4v) is 3.95. The van der Waals surface area contributed by atoms with E-state index in [0.29, 0.717) is 48.6 Å². The van der Waals surface area contributed by atoms with Crippen molar-refractivity contribution in [2.24, 2.45) is 0 Å². The van der Waals surface area contributed by atoms with E-state index in [9.17, 15) is 17.6 Å². The van der Waals surface area contributed by atoms with Crippen LogP contribution in [0.1, 0.15) is 5.56 Å². The van der Waals surface area contributed by atoms with Gasteiger partial charge in [0.15, 0.2) is 5.82 Å². The summed E-state index contributed by atoms with van der Waals surface area (Å²) in [5, 5.41) is 0.691. The molecule has 0 atom stereocenters. The number of alkyl halides is 3. The second-order valence-corrected chi connectivity index (χ2v) is 7.26. The van der Waals surface area contributed by atoms with Crippen LogP contribution >= 0.6 is 0 Å². The third kappa shape index (κ3) is 3.20. The first-order chi connectivity index (χ1) is 14.4. The molecule has 2 aromatic carbocycles. The van der Waals surface area contributed by atoms with E-state index in [0.717, 1.165) is 17.1 Å². The minimum atomic E-state index is -4.36. The molecular formula is C21H17F4N5. The fraction of sp³-hybridized carbons (Fsp3) is 0.238. The Kier molecular flexibility index (Phi) is 4.27. The SMILES string of the molecule is Fc1ccc2[nH]c3c(N4CCN(c5cccc(C(F)(F)F)c5)CC4)ncnc3c2c1. The van der Waals surface area contributed by atoms with Crippen LogP contribution in [-0.2, 0) is 6.18 Å². The predicted molar refractivity (Wildman–Crippen MR) is 107 cm³/mol. The molecule has 0 saturated carbocycles. The Bertz CT molecular complexity index is 1230. The van der Waals surface area contributed by atoms with Crippen LogP contribution in [0.25, 0.3) is 21.9 Å². The van der Waals surface area contributed by atoms with E-state index >= 15 is 0 Å². The quantitative estimate of drug-likeness (QED) is 0.487. The largest absolute Gasteiger partial charge is 0.416 e. The summed E-state index contributed by atoms with van der Waals surface area (Å²) < 4.78 is 52.7. The van der Waals surface area contributed by atoms with Crippen LogP contribution < -0.4 is 9.80 Å². The van der Waals surface area contributed by atoms with Crippen LogP contribution in [0.3, 0.4) is 0 Å². The van der Waals surface area contributed by atoms with Gasteiger partial charge in [0.25, 0.3) is 0 Å². The van der Waals surface area contributed by atoms with Gasteiger partial charge < -0.3 is 14.8 Å². The molecule has 2 aromatic heterocycles. The molecule has 1 saturated heterocycles. The van der Waals surface area contributed by atoms with Gasteiger partial charge in [-0.15, -0.1) is 0 Å². The molecule has 0 aliphatic carbocycles. The summed E-state index contributed by atoms with van der Waals surface area (Å²) in [5.41, 5.74) is 2.06. The molecule has 30 heavy (non-hydrogen) atoms. The number of aromatic amines is 1. The van der Waals surface area contributed by atoms with E-state index in [1.54, 1.807) is 12.1 Å². The molecule has 3 heterocycles. The molecule has 1 fully saturated rings. The number of benzene rings is 2. The summed E-state index contributed by atoms with van der Waals surface area (Å²) in [4.78, 5) is 16.0. The van der Waals surface area contributed by atoms with Gasteiger partial charge in [0.1, 0.15) is 23.2 Å². The van der Waals surface area contributed by atoms with Gasteiger partial charge in [0.05, 0.1) is 5.56 Å². The van der Waals surface area contributed by atoms with Crippen molar-refractivity contribution in [1.82, 2.24) is 15.0 Å². The maximum absolute atomic E-state index is 13.7. The summed E-state index contributed by atoms with van der Waals surface area (Å²) >= 11 is 0. The van der Waals surface area contributed by atoms with Gasteiger partial charge in [0, 0.05) is 42.8 Å². The van der Waals surface area contributed by atoms with Crippen molar-refractivity contribution in [3.8, 4) is 0 Å². The molecule has 9 heteroatoms. The summed E-state index contributed by atoms with van der Waals surface area (Å²) in [6.45, 7) is 2.29. The van der Waals surface area contributed by atoms with Crippen LogP contribution in [0.2, 0.25) is 0 Å². The van der Waals surface area contributed by atoms with Gasteiger partial charge in [-0.2, -0.15) is 13.2 Å². The van der Waals surface area contributed by atoms with E-state index in [2.05, 4.69) is 19.9 Å². The molecule has 5 rings (SSSR count). The lowest BCUT2D eigenvalue weighted by Crippen LogP contribution is -2.47. The highest BCUT2D eigenvalue weighted by Gasteiger charge is 2.31. The number of anilines is 2. The second kappa shape index (κ2) is 6.86. The summed E-state index contributed by atoms with van der Waals surface area (Å²) in [6.07, 6.45) is -2.91. The topological polar surface area (TPSA) is 48.1 Å². The summed E-state index contributed by atoms with van der Waals surface area (Å²) in [5.74, 6) is 0.374. The first kappa shape index (κ1) is 18.7. The third-order valence-electron chi connectivity index (χ3n) is 5.44. The van der Waals surface area contributed by atoms with Crippen LogP contribution in [0, 0.1) is 5.82 Å². The number of hydrogen-bond donors (Lipinski definition) is 1. The normalized spacial score (nSPS) is 15.3. The molecule has 0 amide bonds. The zero-order chi connectivity index (χ0) is 20.9. The van der Waals surface area contributed by atoms with E-state index in [1.165, 1.54) is 30.6 Å². The highest BCUT2D eigenvalue weighted by molar-refractivity contribution is 6.08. The minimum Gasteiger partial charge on any atom is -0.368 e. The van der Waals surface area contributed by atoms with Crippen molar-refractivity contribution in [1.29, 1.82) is 0 Å². The molecule has 1 aliphatic heterocycles. The Labute approximate surface area is 169 Å². The number of fused-ring (bicyclic) bond motifs is 3. The number of nitrogens with zero attached hydrogens (tertiary/aromatic N) is 4. The first-order valence-electron chi connectivity index (χ1n) is 9.49. The lowest BCUT2D eigenvalue weighted by molar-refractivity contribution is -0.137. The molecule has 5 nitrogen and oxygen atoms in total. The smallest absolute Gasteiger partial charge is 0.368 e. The molecule has 0 radical (unpaired) electrons. The Balaban J connectivity index is 1.41. The summed E-state index contributed by atoms with van der Waals surface area (Å²) in [6, 6.07) is 9.89. The molecular weight excluding hydrogens is 398 g/mol. The maximum Gasteiger partial charge on any atom is 0.416 e. The Morgan fingerprint density at radius 1 is 0.900 bits per heavy atom. The van der Waals surface area contributed by atoms with Gasteiger partial charge in [-0.25, -0.2) is 14.4 Å². The number of hydrogen-bond acceptors (Lipinski definition) is 4. The predicted octanol–water partition coefficient (Wildman–Crippen LogP) is 4.60. The lowest BCUT2D eigenvalue weighted by atomic mass is 10.1. The van der Waals surface area contributed by atoms with Gasteiger partial charge in [-0.1, -0.05) is 6.07 Å². The van der Waals surface area contributed by atoms with Gasteiger partial charge in [0.2, 0.25) is 0 Å². The Morgan fingerprint density at radius 3 is 2.43 bits per heavy atom.